The van der Waals surface area contributed by atoms with Crippen LogP contribution < -0.4 is 15.0 Å². The molecule has 3 aromatic carbocycles. The number of hydrogen-bond acceptors (Lipinski definition) is 6. The summed E-state index contributed by atoms with van der Waals surface area (Å²) < 4.78 is 37.7. The predicted octanol–water partition coefficient (Wildman–Crippen LogP) is 6.44. The van der Waals surface area contributed by atoms with Crippen molar-refractivity contribution in [1.82, 2.24) is 20.2 Å². The van der Waals surface area contributed by atoms with Crippen molar-refractivity contribution in [2.75, 3.05) is 37.7 Å². The number of nitrogens with zero attached hydrogens (tertiary/aromatic N) is 4. The Kier molecular flexibility index (Phi) is 6.75. The number of aryl methyl sites for hydroxylation is 1. The first kappa shape index (κ1) is 27.2. The number of aromatic nitrogens is 2. The molecule has 4 fully saturated rings. The highest BCUT2D eigenvalue weighted by Gasteiger charge is 2.49. The smallest absolute Gasteiger partial charge is 0.319 e. The molecule has 43 heavy (non-hydrogen) atoms. The minimum Gasteiger partial charge on any atom is -0.461 e. The normalized spacial score (nSPS) is 27.2. The zero-order chi connectivity index (χ0) is 29.1. The molecule has 0 amide bonds. The maximum Gasteiger partial charge on any atom is 0.319 e. The fourth-order valence-electron chi connectivity index (χ4n) is 8.36. The summed E-state index contributed by atoms with van der Waals surface area (Å²) in [6, 6.07) is 17.3. The Morgan fingerprint density at radius 1 is 0.977 bits per heavy atom. The number of fused-ring (bicyclic) bond motifs is 5. The Labute approximate surface area is 251 Å². The molecule has 4 aliphatic heterocycles. The van der Waals surface area contributed by atoms with Crippen molar-refractivity contribution in [1.29, 1.82) is 0 Å². The Morgan fingerprint density at radius 2 is 1.84 bits per heavy atom. The van der Waals surface area contributed by atoms with Crippen LogP contribution in [0.5, 0.6) is 6.01 Å². The lowest BCUT2D eigenvalue weighted by atomic mass is 9.93. The molecule has 8 rings (SSSR count). The third kappa shape index (κ3) is 4.65. The molecule has 0 saturated carbocycles. The van der Waals surface area contributed by atoms with E-state index in [-0.39, 0.29) is 22.9 Å². The van der Waals surface area contributed by atoms with Crippen LogP contribution in [0.1, 0.15) is 51.0 Å². The average molecular weight is 584 g/mol. The lowest BCUT2D eigenvalue weighted by Crippen LogP contribution is -2.43. The number of anilines is 1. The van der Waals surface area contributed by atoms with Crippen LogP contribution in [-0.2, 0) is 6.42 Å². The summed E-state index contributed by atoms with van der Waals surface area (Å²) in [6.07, 6.45) is 5.77. The maximum atomic E-state index is 16.8. The molecule has 4 aliphatic rings. The molecule has 6 nitrogen and oxygen atoms in total. The molecule has 2 bridgehead atoms. The summed E-state index contributed by atoms with van der Waals surface area (Å²) >= 11 is 0. The minimum atomic E-state index is -0.842. The second-order valence-electron chi connectivity index (χ2n) is 13.1. The van der Waals surface area contributed by atoms with Crippen molar-refractivity contribution >= 4 is 27.5 Å². The Balaban J connectivity index is 1.25. The van der Waals surface area contributed by atoms with Crippen LogP contribution >= 0.6 is 0 Å². The molecule has 8 heteroatoms. The van der Waals surface area contributed by atoms with E-state index in [0.717, 1.165) is 73.9 Å². The highest BCUT2D eigenvalue weighted by molar-refractivity contribution is 6.02. The number of nitrogens with one attached hydrogen (secondary N) is 1. The first-order valence-electron chi connectivity index (χ1n) is 16.1. The first-order chi connectivity index (χ1) is 21.0. The van der Waals surface area contributed by atoms with Gasteiger partial charge in [0.15, 0.2) is 5.82 Å². The summed E-state index contributed by atoms with van der Waals surface area (Å²) in [5.41, 5.74) is 2.54. The second-order valence-corrected chi connectivity index (χ2v) is 13.1. The molecule has 5 heterocycles. The minimum absolute atomic E-state index is 0.177. The molecule has 1 N–H and O–H groups in total. The topological polar surface area (TPSA) is 53.5 Å². The number of rotatable bonds is 6. The van der Waals surface area contributed by atoms with Gasteiger partial charge in [-0.15, -0.1) is 0 Å². The van der Waals surface area contributed by atoms with Crippen LogP contribution in [0.2, 0.25) is 0 Å². The molecule has 0 spiro atoms. The van der Waals surface area contributed by atoms with E-state index in [0.29, 0.717) is 42.6 Å². The molecule has 224 valence electrons. The summed E-state index contributed by atoms with van der Waals surface area (Å²) in [5.74, 6) is 0.367. The number of benzene rings is 3. The van der Waals surface area contributed by atoms with Crippen LogP contribution in [0.4, 0.5) is 14.6 Å². The van der Waals surface area contributed by atoms with Gasteiger partial charge < -0.3 is 15.0 Å². The van der Waals surface area contributed by atoms with Gasteiger partial charge in [0.1, 0.15) is 24.1 Å². The first-order valence-corrected chi connectivity index (χ1v) is 16.1. The van der Waals surface area contributed by atoms with Crippen LogP contribution in [0.25, 0.3) is 32.8 Å². The largest absolute Gasteiger partial charge is 0.461 e. The monoisotopic (exact) mass is 583 g/mol. The van der Waals surface area contributed by atoms with E-state index in [1.807, 2.05) is 24.3 Å². The SMILES string of the molecule is CCc1cccc2cccc(-c3ccc4c(N5CC[C@H]6CC[C@@H](C5)N6)nc(OC[C@@]56CCCN5C[C@H](F)C6)nc4c3F)c12. The van der Waals surface area contributed by atoms with Crippen LogP contribution in [0.3, 0.4) is 0 Å². The van der Waals surface area contributed by atoms with Crippen molar-refractivity contribution in [2.45, 2.75) is 75.7 Å². The summed E-state index contributed by atoms with van der Waals surface area (Å²) in [5, 5.41) is 6.62. The molecule has 0 aliphatic carbocycles. The van der Waals surface area contributed by atoms with Gasteiger partial charge >= 0.3 is 6.01 Å². The van der Waals surface area contributed by atoms with Gasteiger partial charge in [0.25, 0.3) is 0 Å². The fraction of sp³-hybridized carbons (Fsp3) is 0.486. The molecule has 0 unspecified atom stereocenters. The molecule has 4 saturated heterocycles. The lowest BCUT2D eigenvalue weighted by Gasteiger charge is -2.31. The van der Waals surface area contributed by atoms with E-state index in [2.05, 4.69) is 46.3 Å². The highest BCUT2D eigenvalue weighted by Crippen LogP contribution is 2.41. The quantitative estimate of drug-likeness (QED) is 0.282. The Bertz CT molecular complexity index is 1690. The zero-order valence-electron chi connectivity index (χ0n) is 24.8. The van der Waals surface area contributed by atoms with E-state index in [4.69, 9.17) is 14.7 Å². The van der Waals surface area contributed by atoms with Gasteiger partial charge in [0.05, 0.1) is 5.54 Å². The van der Waals surface area contributed by atoms with Gasteiger partial charge in [-0.25, -0.2) is 8.78 Å². The van der Waals surface area contributed by atoms with Gasteiger partial charge in [-0.05, 0) is 73.0 Å². The van der Waals surface area contributed by atoms with E-state index in [9.17, 15) is 4.39 Å². The second kappa shape index (κ2) is 10.7. The van der Waals surface area contributed by atoms with Gasteiger partial charge in [-0.1, -0.05) is 49.4 Å². The fourth-order valence-corrected chi connectivity index (χ4v) is 8.36. The molecule has 1 aromatic heterocycles. The van der Waals surface area contributed by atoms with Gasteiger partial charge in [-0.2, -0.15) is 9.97 Å². The number of alkyl halides is 1. The standard InChI is InChI=1S/C35H39F2N5O/c1-2-22-6-3-7-23-8-4-9-27(30(22)23)28-12-13-29-32(31(28)37)39-34(43-21-35-15-5-16-42(35)19-24(36)18-35)40-33(29)41-17-14-25-10-11-26(20-41)38-25/h3-4,6-9,12-13,24-26,38H,2,5,10-11,14-21H2,1H3/t24-,25-,26+,35+/m1/s1. The Morgan fingerprint density at radius 3 is 2.72 bits per heavy atom. The summed E-state index contributed by atoms with van der Waals surface area (Å²) in [4.78, 5) is 14.2. The predicted molar refractivity (Wildman–Crippen MR) is 167 cm³/mol. The molecule has 4 aromatic rings. The third-order valence-electron chi connectivity index (χ3n) is 10.5. The lowest BCUT2D eigenvalue weighted by molar-refractivity contribution is 0.107. The summed E-state index contributed by atoms with van der Waals surface area (Å²) in [6.45, 7) is 5.45. The van der Waals surface area contributed by atoms with Gasteiger partial charge in [0, 0.05) is 49.1 Å². The van der Waals surface area contributed by atoms with Crippen molar-refractivity contribution < 1.29 is 13.5 Å². The molecular weight excluding hydrogens is 544 g/mol. The summed E-state index contributed by atoms with van der Waals surface area (Å²) in [7, 11) is 0. The van der Waals surface area contributed by atoms with Crippen molar-refractivity contribution in [2.24, 2.45) is 0 Å². The van der Waals surface area contributed by atoms with E-state index in [1.165, 1.54) is 12.0 Å². The number of halogens is 2. The van der Waals surface area contributed by atoms with E-state index in [1.54, 1.807) is 0 Å². The third-order valence-corrected chi connectivity index (χ3v) is 10.5. The van der Waals surface area contributed by atoms with E-state index < -0.39 is 6.17 Å². The average Bonchev–Trinajstić information content (AvgIpc) is 3.66. The molecule has 4 atom stereocenters. The van der Waals surface area contributed by atoms with Gasteiger partial charge in [-0.3, -0.25) is 4.90 Å². The highest BCUT2D eigenvalue weighted by atomic mass is 19.1. The van der Waals surface area contributed by atoms with Crippen LogP contribution in [-0.4, -0.2) is 71.4 Å². The van der Waals surface area contributed by atoms with Crippen LogP contribution in [0, 0.1) is 5.82 Å². The van der Waals surface area contributed by atoms with E-state index >= 15 is 4.39 Å². The maximum absolute atomic E-state index is 16.8. The zero-order valence-corrected chi connectivity index (χ0v) is 24.8. The van der Waals surface area contributed by atoms with Gasteiger partial charge in [0.2, 0.25) is 0 Å². The number of ether oxygens (including phenoxy) is 1. The van der Waals surface area contributed by atoms with Crippen molar-refractivity contribution in [3.63, 3.8) is 0 Å². The molecular formula is C35H39F2N5O. The van der Waals surface area contributed by atoms with Crippen molar-refractivity contribution in [3.05, 3.63) is 59.9 Å². The van der Waals surface area contributed by atoms with Crippen molar-refractivity contribution in [3.8, 4) is 17.1 Å². The van der Waals surface area contributed by atoms with Crippen LogP contribution in [0.15, 0.2) is 48.5 Å². The molecule has 0 radical (unpaired) electrons. The Hall–Kier alpha value is -3.36. The number of hydrogen-bond donors (Lipinski definition) is 1.